The van der Waals surface area contributed by atoms with E-state index in [-0.39, 0.29) is 5.54 Å². The van der Waals surface area contributed by atoms with E-state index in [2.05, 4.69) is 55.2 Å². The maximum Gasteiger partial charge on any atom is 0.128 e. The molecule has 1 aromatic rings. The van der Waals surface area contributed by atoms with Crippen molar-refractivity contribution in [3.8, 4) is 0 Å². The second-order valence-corrected chi connectivity index (χ2v) is 6.58. The molecule has 2 rings (SSSR count). The monoisotopic (exact) mass is 277 g/mol. The summed E-state index contributed by atoms with van der Waals surface area (Å²) in [5, 5.41) is 3.48. The van der Waals surface area contributed by atoms with Gasteiger partial charge in [-0.25, -0.2) is 4.98 Å². The van der Waals surface area contributed by atoms with Crippen LogP contribution in [-0.4, -0.2) is 36.8 Å². The number of anilines is 1. The lowest BCUT2D eigenvalue weighted by molar-refractivity contribution is 0.0853. The third-order valence-corrected chi connectivity index (χ3v) is 3.73. The lowest BCUT2D eigenvalue weighted by Crippen LogP contribution is -2.37. The van der Waals surface area contributed by atoms with Crippen LogP contribution in [0.5, 0.6) is 0 Å². The van der Waals surface area contributed by atoms with Crippen molar-refractivity contribution in [2.45, 2.75) is 51.7 Å². The van der Waals surface area contributed by atoms with Crippen molar-refractivity contribution in [1.82, 2.24) is 10.3 Å². The normalized spacial score (nSPS) is 17.2. The zero-order chi connectivity index (χ0) is 14.6. The summed E-state index contributed by atoms with van der Waals surface area (Å²) in [7, 11) is 2.13. The minimum absolute atomic E-state index is 0.136. The zero-order valence-corrected chi connectivity index (χ0v) is 13.1. The van der Waals surface area contributed by atoms with Crippen LogP contribution in [0, 0.1) is 0 Å². The van der Waals surface area contributed by atoms with E-state index in [1.807, 2.05) is 6.20 Å². The number of hydrogen-bond donors (Lipinski definition) is 1. The van der Waals surface area contributed by atoms with Gasteiger partial charge in [-0.1, -0.05) is 6.07 Å². The Labute approximate surface area is 122 Å². The van der Waals surface area contributed by atoms with Gasteiger partial charge in [0.1, 0.15) is 5.82 Å². The molecule has 0 spiro atoms. The van der Waals surface area contributed by atoms with Gasteiger partial charge in [0.05, 0.1) is 0 Å². The van der Waals surface area contributed by atoms with E-state index in [4.69, 9.17) is 4.74 Å². The first kappa shape index (κ1) is 15.3. The van der Waals surface area contributed by atoms with Crippen molar-refractivity contribution in [2.75, 3.05) is 25.2 Å². The minimum atomic E-state index is 0.136. The van der Waals surface area contributed by atoms with Crippen molar-refractivity contribution < 1.29 is 4.74 Å². The Morgan fingerprint density at radius 2 is 2.00 bits per heavy atom. The molecular formula is C16H27N3O. The first-order valence-corrected chi connectivity index (χ1v) is 7.46. The number of pyridine rings is 1. The smallest absolute Gasteiger partial charge is 0.128 e. The molecule has 1 saturated heterocycles. The van der Waals surface area contributed by atoms with Gasteiger partial charge in [-0.05, 0) is 45.2 Å². The van der Waals surface area contributed by atoms with Crippen LogP contribution in [0.25, 0.3) is 0 Å². The van der Waals surface area contributed by atoms with Gasteiger partial charge >= 0.3 is 0 Å². The minimum Gasteiger partial charge on any atom is -0.381 e. The third kappa shape index (κ3) is 4.46. The van der Waals surface area contributed by atoms with Crippen LogP contribution in [0.1, 0.15) is 39.2 Å². The molecule has 0 unspecified atom stereocenters. The van der Waals surface area contributed by atoms with E-state index in [1.165, 1.54) is 5.56 Å². The first-order valence-electron chi connectivity index (χ1n) is 7.46. The summed E-state index contributed by atoms with van der Waals surface area (Å²) in [6.07, 6.45) is 4.15. The highest BCUT2D eigenvalue weighted by atomic mass is 16.5. The van der Waals surface area contributed by atoms with Gasteiger partial charge in [0.15, 0.2) is 0 Å². The quantitative estimate of drug-likeness (QED) is 0.918. The Morgan fingerprint density at radius 3 is 2.55 bits per heavy atom. The standard InChI is InChI=1S/C16H27N3O/c1-16(2,3)18-12-13-5-6-15(17-11-13)19(4)14-7-9-20-10-8-14/h5-6,11,14,18H,7-10,12H2,1-4H3. The molecule has 1 aromatic heterocycles. The fraction of sp³-hybridized carbons (Fsp3) is 0.688. The summed E-state index contributed by atoms with van der Waals surface area (Å²) in [5.74, 6) is 1.05. The Kier molecular flexibility index (Phi) is 5.00. The predicted molar refractivity (Wildman–Crippen MR) is 83.1 cm³/mol. The van der Waals surface area contributed by atoms with E-state index >= 15 is 0 Å². The molecule has 4 nitrogen and oxygen atoms in total. The molecule has 1 N–H and O–H groups in total. The summed E-state index contributed by atoms with van der Waals surface area (Å²) in [6.45, 7) is 9.11. The van der Waals surface area contributed by atoms with Gasteiger partial charge in [-0.15, -0.1) is 0 Å². The molecule has 1 fully saturated rings. The Bertz CT molecular complexity index is 405. The predicted octanol–water partition coefficient (Wildman–Crippen LogP) is 2.58. The fourth-order valence-corrected chi connectivity index (χ4v) is 2.36. The highest BCUT2D eigenvalue weighted by Crippen LogP contribution is 2.19. The third-order valence-electron chi connectivity index (χ3n) is 3.73. The summed E-state index contributed by atoms with van der Waals surface area (Å²) in [4.78, 5) is 6.88. The van der Waals surface area contributed by atoms with Crippen LogP contribution in [0.4, 0.5) is 5.82 Å². The zero-order valence-electron chi connectivity index (χ0n) is 13.1. The molecule has 0 aromatic carbocycles. The summed E-state index contributed by atoms with van der Waals surface area (Å²) < 4.78 is 5.41. The maximum atomic E-state index is 5.41. The molecule has 2 heterocycles. The molecule has 112 valence electrons. The SMILES string of the molecule is CN(c1ccc(CNC(C)(C)C)cn1)C1CCOCC1. The number of hydrogen-bond acceptors (Lipinski definition) is 4. The molecule has 4 heteroatoms. The van der Waals surface area contributed by atoms with Gasteiger partial charge in [0.2, 0.25) is 0 Å². The van der Waals surface area contributed by atoms with E-state index < -0.39 is 0 Å². The van der Waals surface area contributed by atoms with Crippen molar-refractivity contribution >= 4 is 5.82 Å². The first-order chi connectivity index (χ1) is 9.46. The van der Waals surface area contributed by atoms with Crippen molar-refractivity contribution in [2.24, 2.45) is 0 Å². The molecule has 0 saturated carbocycles. The second kappa shape index (κ2) is 6.55. The lowest BCUT2D eigenvalue weighted by atomic mass is 10.1. The average molecular weight is 277 g/mol. The van der Waals surface area contributed by atoms with E-state index in [9.17, 15) is 0 Å². The lowest BCUT2D eigenvalue weighted by Gasteiger charge is -2.32. The maximum absolute atomic E-state index is 5.41. The van der Waals surface area contributed by atoms with E-state index in [0.29, 0.717) is 6.04 Å². The van der Waals surface area contributed by atoms with Gasteiger partial charge in [-0.2, -0.15) is 0 Å². The molecule has 0 aliphatic carbocycles. The number of rotatable bonds is 4. The second-order valence-electron chi connectivity index (χ2n) is 6.58. The Balaban J connectivity index is 1.93. The van der Waals surface area contributed by atoms with Gasteiger partial charge in [0.25, 0.3) is 0 Å². The summed E-state index contributed by atoms with van der Waals surface area (Å²) in [5.41, 5.74) is 1.36. The van der Waals surface area contributed by atoms with Gasteiger partial charge in [-0.3, -0.25) is 0 Å². The van der Waals surface area contributed by atoms with Crippen molar-refractivity contribution in [1.29, 1.82) is 0 Å². The van der Waals surface area contributed by atoms with Crippen molar-refractivity contribution in [3.05, 3.63) is 23.9 Å². The summed E-state index contributed by atoms with van der Waals surface area (Å²) >= 11 is 0. The summed E-state index contributed by atoms with van der Waals surface area (Å²) in [6, 6.07) is 4.83. The Morgan fingerprint density at radius 1 is 1.30 bits per heavy atom. The number of nitrogens with zero attached hydrogens (tertiary/aromatic N) is 2. The highest BCUT2D eigenvalue weighted by Gasteiger charge is 2.19. The largest absolute Gasteiger partial charge is 0.381 e. The molecule has 0 bridgehead atoms. The van der Waals surface area contributed by atoms with Crippen LogP contribution in [0.2, 0.25) is 0 Å². The molecule has 1 aliphatic rings. The van der Waals surface area contributed by atoms with Crippen LogP contribution >= 0.6 is 0 Å². The average Bonchev–Trinajstić information content (AvgIpc) is 2.45. The number of nitrogens with one attached hydrogen (secondary N) is 1. The Hall–Kier alpha value is -1.13. The molecule has 20 heavy (non-hydrogen) atoms. The molecule has 1 aliphatic heterocycles. The van der Waals surface area contributed by atoms with Crippen LogP contribution in [-0.2, 0) is 11.3 Å². The van der Waals surface area contributed by atoms with Crippen LogP contribution in [0.15, 0.2) is 18.3 Å². The number of ether oxygens (including phenoxy) is 1. The molecule has 0 radical (unpaired) electrons. The van der Waals surface area contributed by atoms with E-state index in [0.717, 1.165) is 38.4 Å². The van der Waals surface area contributed by atoms with Crippen molar-refractivity contribution in [3.63, 3.8) is 0 Å². The fourth-order valence-electron chi connectivity index (χ4n) is 2.36. The van der Waals surface area contributed by atoms with Gasteiger partial charge < -0.3 is 15.0 Å². The number of aromatic nitrogens is 1. The topological polar surface area (TPSA) is 37.4 Å². The van der Waals surface area contributed by atoms with Crippen LogP contribution < -0.4 is 10.2 Å². The van der Waals surface area contributed by atoms with E-state index in [1.54, 1.807) is 0 Å². The van der Waals surface area contributed by atoms with Crippen LogP contribution in [0.3, 0.4) is 0 Å². The highest BCUT2D eigenvalue weighted by molar-refractivity contribution is 5.39. The molecular weight excluding hydrogens is 250 g/mol. The van der Waals surface area contributed by atoms with Gasteiger partial charge in [0, 0.05) is 44.6 Å². The molecule has 0 atom stereocenters. The molecule has 0 amide bonds.